The number of aromatic amines is 1. The summed E-state index contributed by atoms with van der Waals surface area (Å²) in [6, 6.07) is 6.19. The van der Waals surface area contributed by atoms with Gasteiger partial charge >= 0.3 is 0 Å². The van der Waals surface area contributed by atoms with Crippen molar-refractivity contribution in [3.63, 3.8) is 0 Å². The van der Waals surface area contributed by atoms with E-state index in [1.54, 1.807) is 4.90 Å². The van der Waals surface area contributed by atoms with Crippen LogP contribution in [0.4, 0.5) is 0 Å². The van der Waals surface area contributed by atoms with E-state index in [2.05, 4.69) is 35.1 Å². The van der Waals surface area contributed by atoms with Gasteiger partial charge in [-0.1, -0.05) is 0 Å². The molecule has 158 valence electrons. The number of rotatable bonds is 7. The molecule has 0 bridgehead atoms. The van der Waals surface area contributed by atoms with Gasteiger partial charge in [-0.05, 0) is 67.7 Å². The van der Waals surface area contributed by atoms with Gasteiger partial charge in [0, 0.05) is 30.6 Å². The van der Waals surface area contributed by atoms with Crippen molar-refractivity contribution >= 4 is 28.2 Å². The van der Waals surface area contributed by atoms with E-state index < -0.39 is 0 Å². The van der Waals surface area contributed by atoms with Crippen LogP contribution in [-0.2, 0) is 11.3 Å². The molecule has 1 aromatic heterocycles. The maximum atomic E-state index is 12.7. The Morgan fingerprint density at radius 1 is 1.24 bits per heavy atom. The standard InChI is InChI=1S/C22H32N4O2S/c1-4-23-22(29)26(7-5-6-25-8-10-28-11-9-25)15-19-14-18-12-16(2)17(3)13-20(18)24-21(19)27/h12-14H,4-11,15H2,1-3H3,(H,23,29)(H,24,27)/p+1. The average molecular weight is 418 g/mol. The molecule has 0 saturated carbocycles. The number of benzene rings is 1. The third kappa shape index (κ3) is 5.78. The van der Waals surface area contributed by atoms with Crippen LogP contribution in [0.3, 0.4) is 0 Å². The van der Waals surface area contributed by atoms with Crippen LogP contribution >= 0.6 is 12.2 Å². The summed E-state index contributed by atoms with van der Waals surface area (Å²) in [5, 5.41) is 5.02. The van der Waals surface area contributed by atoms with Gasteiger partial charge in [-0.2, -0.15) is 0 Å². The number of hydrogen-bond donors (Lipinski definition) is 3. The van der Waals surface area contributed by atoms with Gasteiger partial charge in [0.2, 0.25) is 0 Å². The van der Waals surface area contributed by atoms with E-state index in [9.17, 15) is 4.79 Å². The van der Waals surface area contributed by atoms with Crippen molar-refractivity contribution in [2.45, 2.75) is 33.7 Å². The van der Waals surface area contributed by atoms with Gasteiger partial charge in [-0.25, -0.2) is 0 Å². The Balaban J connectivity index is 1.73. The van der Waals surface area contributed by atoms with Crippen LogP contribution in [-0.4, -0.2) is 60.9 Å². The summed E-state index contributed by atoms with van der Waals surface area (Å²) in [6.07, 6.45) is 1.03. The predicted octanol–water partition coefficient (Wildman–Crippen LogP) is 1.15. The second kappa shape index (κ2) is 10.2. The molecular formula is C22H33N4O2S+. The first-order chi connectivity index (χ1) is 14.0. The second-order valence-electron chi connectivity index (χ2n) is 7.87. The van der Waals surface area contributed by atoms with E-state index >= 15 is 0 Å². The molecule has 3 rings (SSSR count). The molecule has 29 heavy (non-hydrogen) atoms. The summed E-state index contributed by atoms with van der Waals surface area (Å²) in [6.45, 7) is 13.3. The van der Waals surface area contributed by atoms with Gasteiger partial charge in [0.15, 0.2) is 5.11 Å². The lowest BCUT2D eigenvalue weighted by molar-refractivity contribution is -0.908. The van der Waals surface area contributed by atoms with Crippen molar-refractivity contribution in [2.75, 3.05) is 45.9 Å². The molecule has 0 aliphatic carbocycles. The number of pyridine rings is 1. The summed E-state index contributed by atoms with van der Waals surface area (Å²) >= 11 is 5.60. The number of aryl methyl sites for hydroxylation is 2. The number of aromatic nitrogens is 1. The lowest BCUT2D eigenvalue weighted by atomic mass is 10.0. The minimum atomic E-state index is -0.0381. The van der Waals surface area contributed by atoms with Crippen molar-refractivity contribution in [3.05, 3.63) is 45.2 Å². The van der Waals surface area contributed by atoms with Crippen molar-refractivity contribution < 1.29 is 9.64 Å². The molecule has 1 aromatic carbocycles. The van der Waals surface area contributed by atoms with Crippen LogP contribution in [0.5, 0.6) is 0 Å². The Morgan fingerprint density at radius 3 is 2.69 bits per heavy atom. The minimum Gasteiger partial charge on any atom is -0.370 e. The fourth-order valence-corrected chi connectivity index (χ4v) is 4.09. The van der Waals surface area contributed by atoms with E-state index in [-0.39, 0.29) is 5.56 Å². The number of quaternary nitrogens is 1. The topological polar surface area (TPSA) is 61.8 Å². The van der Waals surface area contributed by atoms with Gasteiger partial charge in [-0.15, -0.1) is 0 Å². The zero-order valence-electron chi connectivity index (χ0n) is 17.8. The molecule has 0 unspecified atom stereocenters. The number of morpholine rings is 1. The molecule has 0 spiro atoms. The van der Waals surface area contributed by atoms with Crippen molar-refractivity contribution in [1.82, 2.24) is 15.2 Å². The van der Waals surface area contributed by atoms with Crippen LogP contribution < -0.4 is 15.8 Å². The zero-order chi connectivity index (χ0) is 20.8. The highest BCUT2D eigenvalue weighted by Crippen LogP contribution is 2.17. The lowest BCUT2D eigenvalue weighted by Crippen LogP contribution is -3.14. The highest BCUT2D eigenvalue weighted by Gasteiger charge is 2.16. The molecule has 0 amide bonds. The molecule has 0 radical (unpaired) electrons. The molecule has 1 saturated heterocycles. The summed E-state index contributed by atoms with van der Waals surface area (Å²) in [7, 11) is 0. The van der Waals surface area contributed by atoms with Crippen LogP contribution in [0.25, 0.3) is 10.9 Å². The number of H-pyrrole nitrogens is 1. The Hall–Kier alpha value is -1.96. The number of thiocarbonyl (C=S) groups is 1. The van der Waals surface area contributed by atoms with Crippen molar-refractivity contribution in [3.8, 4) is 0 Å². The highest BCUT2D eigenvalue weighted by molar-refractivity contribution is 7.80. The Kier molecular flexibility index (Phi) is 7.64. The number of nitrogens with zero attached hydrogens (tertiary/aromatic N) is 1. The fourth-order valence-electron chi connectivity index (χ4n) is 3.79. The SMILES string of the molecule is CCNC(=S)N(CCC[NH+]1CCOCC1)Cc1cc2cc(C)c(C)cc2[nH]c1=O. The van der Waals surface area contributed by atoms with Gasteiger partial charge in [-0.3, -0.25) is 4.79 Å². The monoisotopic (exact) mass is 417 g/mol. The Labute approximate surface area is 178 Å². The van der Waals surface area contributed by atoms with E-state index in [4.69, 9.17) is 17.0 Å². The van der Waals surface area contributed by atoms with Crippen LogP contribution in [0.1, 0.15) is 30.0 Å². The van der Waals surface area contributed by atoms with Gasteiger partial charge < -0.3 is 24.8 Å². The molecule has 1 aliphatic heterocycles. The molecule has 6 nitrogen and oxygen atoms in total. The number of ether oxygens (including phenoxy) is 1. The zero-order valence-corrected chi connectivity index (χ0v) is 18.6. The second-order valence-corrected chi connectivity index (χ2v) is 8.26. The summed E-state index contributed by atoms with van der Waals surface area (Å²) in [5.41, 5.74) is 4.01. The molecule has 0 atom stereocenters. The molecule has 2 aromatic rings. The predicted molar refractivity (Wildman–Crippen MR) is 122 cm³/mol. The van der Waals surface area contributed by atoms with Gasteiger partial charge in [0.05, 0.1) is 26.3 Å². The highest BCUT2D eigenvalue weighted by atomic mass is 32.1. The third-order valence-electron chi connectivity index (χ3n) is 5.67. The summed E-state index contributed by atoms with van der Waals surface area (Å²) in [5.74, 6) is 0. The molecule has 1 aliphatic rings. The smallest absolute Gasteiger partial charge is 0.253 e. The van der Waals surface area contributed by atoms with Crippen molar-refractivity contribution in [2.24, 2.45) is 0 Å². The fraction of sp³-hybridized carbons (Fsp3) is 0.545. The van der Waals surface area contributed by atoms with Crippen LogP contribution in [0, 0.1) is 13.8 Å². The first kappa shape index (κ1) is 21.7. The average Bonchev–Trinajstić information content (AvgIpc) is 2.70. The van der Waals surface area contributed by atoms with Gasteiger partial charge in [0.1, 0.15) is 13.1 Å². The van der Waals surface area contributed by atoms with E-state index in [0.717, 1.165) is 68.8 Å². The molecule has 3 N–H and O–H groups in total. The number of nitrogens with one attached hydrogen (secondary N) is 3. The van der Waals surface area contributed by atoms with Crippen molar-refractivity contribution in [1.29, 1.82) is 0 Å². The van der Waals surface area contributed by atoms with Crippen LogP contribution in [0.2, 0.25) is 0 Å². The minimum absolute atomic E-state index is 0.0381. The normalized spacial score (nSPS) is 14.9. The summed E-state index contributed by atoms with van der Waals surface area (Å²) < 4.78 is 5.44. The molecule has 7 heteroatoms. The summed E-state index contributed by atoms with van der Waals surface area (Å²) in [4.78, 5) is 19.5. The van der Waals surface area contributed by atoms with E-state index in [0.29, 0.717) is 11.7 Å². The Bertz CT molecular complexity index is 906. The first-order valence-corrected chi connectivity index (χ1v) is 11.0. The quantitative estimate of drug-likeness (QED) is 0.590. The van der Waals surface area contributed by atoms with E-state index in [1.807, 2.05) is 19.1 Å². The molecular weight excluding hydrogens is 384 g/mol. The first-order valence-electron chi connectivity index (χ1n) is 10.5. The molecule has 2 heterocycles. The van der Waals surface area contributed by atoms with Gasteiger partial charge in [0.25, 0.3) is 5.56 Å². The molecule has 1 fully saturated rings. The third-order valence-corrected chi connectivity index (χ3v) is 6.07. The number of hydrogen-bond acceptors (Lipinski definition) is 3. The number of fused-ring (bicyclic) bond motifs is 1. The largest absolute Gasteiger partial charge is 0.370 e. The maximum Gasteiger partial charge on any atom is 0.253 e. The Morgan fingerprint density at radius 2 is 1.97 bits per heavy atom. The van der Waals surface area contributed by atoms with E-state index in [1.165, 1.54) is 11.1 Å². The van der Waals surface area contributed by atoms with Crippen LogP contribution in [0.15, 0.2) is 23.0 Å². The lowest BCUT2D eigenvalue weighted by Gasteiger charge is -2.28. The maximum absolute atomic E-state index is 12.7.